The van der Waals surface area contributed by atoms with E-state index < -0.39 is 17.2 Å². The van der Waals surface area contributed by atoms with Gasteiger partial charge in [-0.3, -0.25) is 14.3 Å². The molecule has 26 heavy (non-hydrogen) atoms. The fraction of sp³-hybridized carbons (Fsp3) is 0.312. The number of rotatable bonds is 5. The maximum absolute atomic E-state index is 12.3. The molecule has 0 amide bonds. The van der Waals surface area contributed by atoms with E-state index in [1.165, 1.54) is 23.0 Å². The molecule has 3 aromatic rings. The summed E-state index contributed by atoms with van der Waals surface area (Å²) in [7, 11) is 1.70. The van der Waals surface area contributed by atoms with Crippen molar-refractivity contribution in [3.05, 3.63) is 55.8 Å². The van der Waals surface area contributed by atoms with Crippen molar-refractivity contribution in [1.82, 2.24) is 24.1 Å². The van der Waals surface area contributed by atoms with E-state index in [4.69, 9.17) is 16.3 Å². The number of imidazole rings is 1. The van der Waals surface area contributed by atoms with Gasteiger partial charge in [-0.15, -0.1) is 0 Å². The summed E-state index contributed by atoms with van der Waals surface area (Å²) in [5, 5.41) is 0.566. The number of aromatic nitrogens is 5. The number of aryl methyl sites for hydroxylation is 1. The second-order valence-electron chi connectivity index (χ2n) is 5.64. The van der Waals surface area contributed by atoms with Gasteiger partial charge < -0.3 is 9.30 Å². The molecule has 0 atom stereocenters. The SMILES string of the molecule is CCCn1c(=O)[nH]c(=O)c2cc(C(=O)OCc3ncc(Cl)n3C)cnc21. The van der Waals surface area contributed by atoms with Gasteiger partial charge in [0.25, 0.3) is 5.56 Å². The zero-order chi connectivity index (χ0) is 18.8. The van der Waals surface area contributed by atoms with Crippen LogP contribution in [0.4, 0.5) is 0 Å². The Balaban J connectivity index is 1.91. The van der Waals surface area contributed by atoms with Crippen molar-refractivity contribution >= 4 is 28.6 Å². The minimum absolute atomic E-state index is 0.0776. The average Bonchev–Trinajstić information content (AvgIpc) is 2.94. The molecule has 10 heteroatoms. The van der Waals surface area contributed by atoms with Crippen LogP contribution in [0.5, 0.6) is 0 Å². The number of fused-ring (bicyclic) bond motifs is 1. The minimum atomic E-state index is -0.661. The summed E-state index contributed by atoms with van der Waals surface area (Å²) in [5.41, 5.74) is -0.799. The molecule has 0 aliphatic rings. The Kier molecular flexibility index (Phi) is 4.90. The molecule has 136 valence electrons. The Hall–Kier alpha value is -2.94. The molecule has 0 fully saturated rings. The first-order valence-corrected chi connectivity index (χ1v) is 8.26. The zero-order valence-electron chi connectivity index (χ0n) is 14.2. The van der Waals surface area contributed by atoms with Gasteiger partial charge in [0.1, 0.15) is 23.2 Å². The van der Waals surface area contributed by atoms with E-state index in [0.29, 0.717) is 23.9 Å². The molecule has 0 radical (unpaired) electrons. The first-order chi connectivity index (χ1) is 12.4. The Bertz CT molecular complexity index is 1100. The fourth-order valence-corrected chi connectivity index (χ4v) is 2.63. The van der Waals surface area contributed by atoms with Crippen LogP contribution in [0.1, 0.15) is 29.5 Å². The number of nitrogens with zero attached hydrogens (tertiary/aromatic N) is 4. The van der Waals surface area contributed by atoms with Crippen molar-refractivity contribution < 1.29 is 9.53 Å². The first-order valence-electron chi connectivity index (χ1n) is 7.88. The van der Waals surface area contributed by atoms with Crippen LogP contribution >= 0.6 is 11.6 Å². The molecule has 0 aromatic carbocycles. The number of aromatic amines is 1. The maximum Gasteiger partial charge on any atom is 0.340 e. The number of carbonyl (C=O) groups excluding carboxylic acids is 1. The van der Waals surface area contributed by atoms with Gasteiger partial charge in [-0.05, 0) is 12.5 Å². The summed E-state index contributed by atoms with van der Waals surface area (Å²) in [6.07, 6.45) is 3.43. The van der Waals surface area contributed by atoms with Crippen molar-refractivity contribution in [2.75, 3.05) is 0 Å². The average molecular weight is 378 g/mol. The van der Waals surface area contributed by atoms with E-state index in [9.17, 15) is 14.4 Å². The van der Waals surface area contributed by atoms with E-state index in [0.717, 1.165) is 0 Å². The van der Waals surface area contributed by atoms with Gasteiger partial charge in [0.2, 0.25) is 0 Å². The van der Waals surface area contributed by atoms with Crippen LogP contribution in [0.15, 0.2) is 28.0 Å². The van der Waals surface area contributed by atoms with Crippen molar-refractivity contribution in [3.63, 3.8) is 0 Å². The van der Waals surface area contributed by atoms with Gasteiger partial charge >= 0.3 is 11.7 Å². The molecular weight excluding hydrogens is 362 g/mol. The summed E-state index contributed by atoms with van der Waals surface area (Å²) < 4.78 is 8.14. The highest BCUT2D eigenvalue weighted by atomic mass is 35.5. The lowest BCUT2D eigenvalue weighted by molar-refractivity contribution is 0.0459. The third-order valence-electron chi connectivity index (χ3n) is 3.88. The van der Waals surface area contributed by atoms with E-state index in [1.54, 1.807) is 11.6 Å². The molecule has 0 saturated heterocycles. The molecule has 0 aliphatic carbocycles. The molecule has 0 saturated carbocycles. The summed E-state index contributed by atoms with van der Waals surface area (Å²) >= 11 is 5.88. The predicted octanol–water partition coefficient (Wildman–Crippen LogP) is 1.24. The number of pyridine rings is 1. The van der Waals surface area contributed by atoms with E-state index in [-0.39, 0.29) is 23.2 Å². The Morgan fingerprint density at radius 3 is 2.73 bits per heavy atom. The summed E-state index contributed by atoms with van der Waals surface area (Å²) in [4.78, 5) is 46.6. The largest absolute Gasteiger partial charge is 0.454 e. The number of hydrogen-bond acceptors (Lipinski definition) is 6. The fourth-order valence-electron chi connectivity index (χ4n) is 2.48. The number of H-pyrrole nitrogens is 1. The van der Waals surface area contributed by atoms with Crippen molar-refractivity contribution in [2.45, 2.75) is 26.5 Å². The smallest absolute Gasteiger partial charge is 0.340 e. The van der Waals surface area contributed by atoms with Crippen LogP contribution in [0.3, 0.4) is 0 Å². The standard InChI is InChI=1S/C16H16ClN5O4/c1-3-4-22-13-10(14(23)20-16(22)25)5-9(6-19-13)15(24)26-8-12-18-7-11(17)21(12)2/h5-7H,3-4,8H2,1-2H3,(H,20,23,25). The van der Waals surface area contributed by atoms with Crippen LogP contribution in [-0.4, -0.2) is 30.1 Å². The van der Waals surface area contributed by atoms with Gasteiger partial charge in [-0.2, -0.15) is 0 Å². The molecular formula is C16H16ClN5O4. The van der Waals surface area contributed by atoms with E-state index in [2.05, 4.69) is 15.0 Å². The topological polar surface area (TPSA) is 112 Å². The number of nitrogens with one attached hydrogen (secondary N) is 1. The van der Waals surface area contributed by atoms with Gasteiger partial charge in [-0.25, -0.2) is 19.6 Å². The monoisotopic (exact) mass is 377 g/mol. The van der Waals surface area contributed by atoms with Crippen LogP contribution in [0.2, 0.25) is 5.15 Å². The normalized spacial score (nSPS) is 11.0. The van der Waals surface area contributed by atoms with Crippen LogP contribution in [-0.2, 0) is 24.9 Å². The number of halogens is 1. The molecule has 0 spiro atoms. The molecule has 3 aromatic heterocycles. The Morgan fingerprint density at radius 2 is 2.08 bits per heavy atom. The van der Waals surface area contributed by atoms with Gasteiger partial charge in [-0.1, -0.05) is 18.5 Å². The first kappa shape index (κ1) is 17.9. The highest BCUT2D eigenvalue weighted by molar-refractivity contribution is 6.29. The second kappa shape index (κ2) is 7.12. The molecule has 3 rings (SSSR count). The lowest BCUT2D eigenvalue weighted by Gasteiger charge is -2.09. The zero-order valence-corrected chi connectivity index (χ0v) is 14.9. The molecule has 1 N–H and O–H groups in total. The highest BCUT2D eigenvalue weighted by Gasteiger charge is 2.15. The van der Waals surface area contributed by atoms with Gasteiger partial charge in [0.15, 0.2) is 0 Å². The molecule has 9 nitrogen and oxygen atoms in total. The number of esters is 1. The number of carbonyl (C=O) groups is 1. The van der Waals surface area contributed by atoms with Crippen LogP contribution in [0, 0.1) is 0 Å². The lowest BCUT2D eigenvalue weighted by atomic mass is 10.2. The molecule has 3 heterocycles. The molecule has 0 bridgehead atoms. The van der Waals surface area contributed by atoms with E-state index >= 15 is 0 Å². The Labute approximate surface area is 152 Å². The quantitative estimate of drug-likeness (QED) is 0.669. The van der Waals surface area contributed by atoms with Crippen molar-refractivity contribution in [2.24, 2.45) is 7.05 Å². The maximum atomic E-state index is 12.3. The molecule has 0 aliphatic heterocycles. The predicted molar refractivity (Wildman–Crippen MR) is 94.3 cm³/mol. The summed E-state index contributed by atoms with van der Waals surface area (Å²) in [5.74, 6) is -0.183. The summed E-state index contributed by atoms with van der Waals surface area (Å²) in [6.45, 7) is 2.23. The summed E-state index contributed by atoms with van der Waals surface area (Å²) in [6, 6.07) is 1.36. The van der Waals surface area contributed by atoms with Gasteiger partial charge in [0, 0.05) is 19.8 Å². The van der Waals surface area contributed by atoms with Crippen LogP contribution < -0.4 is 11.2 Å². The third-order valence-corrected chi connectivity index (χ3v) is 4.23. The molecule has 0 unspecified atom stereocenters. The minimum Gasteiger partial charge on any atom is -0.454 e. The third kappa shape index (κ3) is 3.25. The van der Waals surface area contributed by atoms with Crippen LogP contribution in [0.25, 0.3) is 11.0 Å². The second-order valence-corrected chi connectivity index (χ2v) is 6.03. The van der Waals surface area contributed by atoms with Gasteiger partial charge in [0.05, 0.1) is 17.1 Å². The Morgan fingerprint density at radius 1 is 1.31 bits per heavy atom. The lowest BCUT2D eigenvalue weighted by Crippen LogP contribution is -2.31. The van der Waals surface area contributed by atoms with Crippen molar-refractivity contribution in [3.8, 4) is 0 Å². The van der Waals surface area contributed by atoms with Crippen molar-refractivity contribution in [1.29, 1.82) is 0 Å². The number of ether oxygens (including phenoxy) is 1. The van der Waals surface area contributed by atoms with E-state index in [1.807, 2.05) is 6.92 Å². The highest BCUT2D eigenvalue weighted by Crippen LogP contribution is 2.13. The number of hydrogen-bond donors (Lipinski definition) is 1.